The number of hydrogen-bond acceptors (Lipinski definition) is 3. The van der Waals surface area contributed by atoms with Crippen LogP contribution in [-0.4, -0.2) is 31.9 Å². The number of fused-ring (bicyclic) bond motifs is 1. The molecule has 8 heteroatoms. The van der Waals surface area contributed by atoms with Gasteiger partial charge in [-0.15, -0.1) is 6.58 Å². The van der Waals surface area contributed by atoms with Crippen molar-refractivity contribution in [2.24, 2.45) is 0 Å². The lowest BCUT2D eigenvalue weighted by atomic mass is 9.91. The van der Waals surface area contributed by atoms with Gasteiger partial charge >= 0.3 is 15.5 Å². The normalized spacial score (nSPS) is 19.2. The molecule has 1 heterocycles. The molecule has 1 aromatic carbocycles. The molecule has 0 saturated heterocycles. The number of benzene rings is 1. The molecule has 0 bridgehead atoms. The number of sulfonamides is 1. The number of hydrogen-bond donors (Lipinski definition) is 0. The van der Waals surface area contributed by atoms with Gasteiger partial charge in [0, 0.05) is 6.54 Å². The number of alkyl halides is 3. The van der Waals surface area contributed by atoms with Crippen LogP contribution in [0.25, 0.3) is 0 Å². The topological polar surface area (TPSA) is 46.6 Å². The summed E-state index contributed by atoms with van der Waals surface area (Å²) in [6, 6.07) is 4.16. The second-order valence-corrected chi connectivity index (χ2v) is 7.14. The minimum Gasteiger partial charge on any atom is -0.497 e. The summed E-state index contributed by atoms with van der Waals surface area (Å²) >= 11 is 0. The molecule has 0 aliphatic carbocycles. The average Bonchev–Trinajstić information content (AvgIpc) is 2.50. The van der Waals surface area contributed by atoms with Gasteiger partial charge in [0.25, 0.3) is 0 Å². The molecule has 0 fully saturated rings. The molecule has 0 saturated carbocycles. The lowest BCUT2D eigenvalue weighted by Crippen LogP contribution is -2.46. The van der Waals surface area contributed by atoms with E-state index < -0.39 is 21.6 Å². The summed E-state index contributed by atoms with van der Waals surface area (Å²) in [7, 11) is -3.87. The Labute approximate surface area is 133 Å². The van der Waals surface area contributed by atoms with Gasteiger partial charge in [-0.3, -0.25) is 0 Å². The summed E-state index contributed by atoms with van der Waals surface area (Å²) < 4.78 is 68.2. The van der Waals surface area contributed by atoms with Crippen LogP contribution in [0.4, 0.5) is 13.2 Å². The molecular formula is C15H18F3NO3S. The van der Waals surface area contributed by atoms with Crippen molar-refractivity contribution in [2.45, 2.75) is 30.8 Å². The van der Waals surface area contributed by atoms with Crippen LogP contribution in [-0.2, 0) is 16.4 Å². The zero-order valence-corrected chi connectivity index (χ0v) is 13.5. The Hall–Kier alpha value is -1.54. The van der Waals surface area contributed by atoms with Crippen LogP contribution < -0.4 is 4.74 Å². The highest BCUT2D eigenvalue weighted by atomic mass is 32.2. The fourth-order valence-corrected chi connectivity index (χ4v) is 3.94. The van der Waals surface area contributed by atoms with Crippen LogP contribution in [0, 0.1) is 0 Å². The standard InChI is InChI=1S/C15H18F3NO3S/c1-3-4-5-14-13-7-6-12(22-2)10-11(13)8-9-19(14)23(20,21)15(16,17)18/h3,6-7,10,14H,1,4-5,8-9H2,2H3. The van der Waals surface area contributed by atoms with Gasteiger partial charge in [-0.05, 0) is 42.5 Å². The Kier molecular flexibility index (Phi) is 5.05. The lowest BCUT2D eigenvalue weighted by molar-refractivity contribution is -0.0504. The molecule has 1 atom stereocenters. The second kappa shape index (κ2) is 6.52. The molecule has 1 aliphatic heterocycles. The molecule has 1 unspecified atom stereocenters. The van der Waals surface area contributed by atoms with Gasteiger partial charge in [0.1, 0.15) is 5.75 Å². The predicted molar refractivity (Wildman–Crippen MR) is 80.6 cm³/mol. The SMILES string of the molecule is C=CCCC1c2ccc(OC)cc2CCN1S(=O)(=O)C(F)(F)F. The highest BCUT2D eigenvalue weighted by molar-refractivity contribution is 7.90. The van der Waals surface area contributed by atoms with Crippen LogP contribution in [0.5, 0.6) is 5.75 Å². The highest BCUT2D eigenvalue weighted by Crippen LogP contribution is 2.40. The smallest absolute Gasteiger partial charge is 0.497 e. The zero-order chi connectivity index (χ0) is 17.3. The maximum absolute atomic E-state index is 12.9. The van der Waals surface area contributed by atoms with E-state index in [2.05, 4.69) is 6.58 Å². The summed E-state index contributed by atoms with van der Waals surface area (Å²) in [5.74, 6) is 0.596. The molecular weight excluding hydrogens is 331 g/mol. The highest BCUT2D eigenvalue weighted by Gasteiger charge is 2.52. The van der Waals surface area contributed by atoms with Crippen molar-refractivity contribution in [3.63, 3.8) is 0 Å². The summed E-state index contributed by atoms with van der Waals surface area (Å²) in [6.07, 6.45) is 2.45. The first kappa shape index (κ1) is 17.8. The molecule has 0 amide bonds. The van der Waals surface area contributed by atoms with Crippen LogP contribution in [0.2, 0.25) is 0 Å². The van der Waals surface area contributed by atoms with Crippen molar-refractivity contribution in [1.82, 2.24) is 4.31 Å². The predicted octanol–water partition coefficient (Wildman–Crippen LogP) is 3.41. The molecule has 4 nitrogen and oxygen atoms in total. The van der Waals surface area contributed by atoms with Gasteiger partial charge in [-0.1, -0.05) is 12.1 Å². The Morgan fingerprint density at radius 3 is 2.70 bits per heavy atom. The van der Waals surface area contributed by atoms with Crippen molar-refractivity contribution < 1.29 is 26.3 Å². The van der Waals surface area contributed by atoms with E-state index in [-0.39, 0.29) is 19.4 Å². The molecule has 128 valence electrons. The fraction of sp³-hybridized carbons (Fsp3) is 0.467. The third-order valence-corrected chi connectivity index (χ3v) is 5.54. The van der Waals surface area contributed by atoms with Gasteiger partial charge < -0.3 is 4.74 Å². The number of nitrogens with zero attached hydrogens (tertiary/aromatic N) is 1. The molecule has 1 aliphatic rings. The van der Waals surface area contributed by atoms with E-state index in [1.807, 2.05) is 0 Å². The number of ether oxygens (including phenoxy) is 1. The first-order valence-electron chi connectivity index (χ1n) is 7.08. The van der Waals surface area contributed by atoms with E-state index in [0.29, 0.717) is 22.0 Å². The average molecular weight is 349 g/mol. The van der Waals surface area contributed by atoms with Crippen LogP contribution in [0.3, 0.4) is 0 Å². The second-order valence-electron chi connectivity index (χ2n) is 5.26. The fourth-order valence-electron chi connectivity index (χ4n) is 2.79. The van der Waals surface area contributed by atoms with Crippen LogP contribution in [0.1, 0.15) is 30.0 Å². The summed E-state index contributed by atoms with van der Waals surface area (Å²) in [6.45, 7) is 3.35. The number of methoxy groups -OCH3 is 1. The quantitative estimate of drug-likeness (QED) is 0.766. The maximum atomic E-state index is 12.9. The minimum atomic E-state index is -5.37. The van der Waals surface area contributed by atoms with Crippen molar-refractivity contribution in [3.05, 3.63) is 42.0 Å². The van der Waals surface area contributed by atoms with E-state index in [4.69, 9.17) is 4.74 Å². The van der Waals surface area contributed by atoms with Crippen molar-refractivity contribution in [2.75, 3.05) is 13.7 Å². The maximum Gasteiger partial charge on any atom is 0.511 e. The van der Waals surface area contributed by atoms with Crippen LogP contribution in [0.15, 0.2) is 30.9 Å². The lowest BCUT2D eigenvalue weighted by Gasteiger charge is -2.36. The molecule has 1 aromatic rings. The Morgan fingerprint density at radius 1 is 1.43 bits per heavy atom. The summed E-state index contributed by atoms with van der Waals surface area (Å²) in [5, 5.41) is 0. The third kappa shape index (κ3) is 3.37. The number of halogens is 3. The molecule has 23 heavy (non-hydrogen) atoms. The Morgan fingerprint density at radius 2 is 2.13 bits per heavy atom. The summed E-state index contributed by atoms with van der Waals surface area (Å²) in [4.78, 5) is 0. The Bertz CT molecular complexity index is 686. The molecule has 0 N–H and O–H groups in total. The number of allylic oxidation sites excluding steroid dienone is 1. The summed E-state index contributed by atoms with van der Waals surface area (Å²) in [5.41, 5.74) is -3.90. The Balaban J connectivity index is 2.47. The molecule has 0 spiro atoms. The first-order chi connectivity index (χ1) is 10.7. The van der Waals surface area contributed by atoms with E-state index in [0.717, 1.165) is 5.56 Å². The van der Waals surface area contributed by atoms with Gasteiger partial charge in [0.15, 0.2) is 0 Å². The van der Waals surface area contributed by atoms with Crippen molar-refractivity contribution >= 4 is 10.0 Å². The van der Waals surface area contributed by atoms with Crippen molar-refractivity contribution in [3.8, 4) is 5.75 Å². The van der Waals surface area contributed by atoms with Gasteiger partial charge in [0.05, 0.1) is 13.2 Å². The van der Waals surface area contributed by atoms with Crippen LogP contribution >= 0.6 is 0 Å². The van der Waals surface area contributed by atoms with E-state index in [1.165, 1.54) is 7.11 Å². The first-order valence-corrected chi connectivity index (χ1v) is 8.52. The van der Waals surface area contributed by atoms with E-state index in [1.54, 1.807) is 24.3 Å². The monoisotopic (exact) mass is 349 g/mol. The largest absolute Gasteiger partial charge is 0.511 e. The third-order valence-electron chi connectivity index (χ3n) is 3.90. The van der Waals surface area contributed by atoms with E-state index >= 15 is 0 Å². The molecule has 2 rings (SSSR count). The number of rotatable bonds is 5. The minimum absolute atomic E-state index is 0.205. The zero-order valence-electron chi connectivity index (χ0n) is 12.6. The molecule has 0 aromatic heterocycles. The van der Waals surface area contributed by atoms with E-state index in [9.17, 15) is 21.6 Å². The van der Waals surface area contributed by atoms with Gasteiger partial charge in [-0.25, -0.2) is 8.42 Å². The molecule has 0 radical (unpaired) electrons. The van der Waals surface area contributed by atoms with Crippen molar-refractivity contribution in [1.29, 1.82) is 0 Å². The van der Waals surface area contributed by atoms with Gasteiger partial charge in [-0.2, -0.15) is 17.5 Å². The van der Waals surface area contributed by atoms with Gasteiger partial charge in [0.2, 0.25) is 0 Å².